The van der Waals surface area contributed by atoms with Gasteiger partial charge in [-0.2, -0.15) is 0 Å². The Morgan fingerprint density at radius 2 is 1.61 bits per heavy atom. The molecular formula is C25H26N2O4. The first-order valence-corrected chi connectivity index (χ1v) is 9.98. The minimum absolute atomic E-state index is 0.114. The van der Waals surface area contributed by atoms with Gasteiger partial charge in [-0.05, 0) is 60.9 Å². The number of rotatable bonds is 8. The lowest BCUT2D eigenvalue weighted by Crippen LogP contribution is -2.15. The van der Waals surface area contributed by atoms with Gasteiger partial charge >= 0.3 is 0 Å². The van der Waals surface area contributed by atoms with Crippen LogP contribution in [0.5, 0.6) is 11.5 Å². The first-order chi connectivity index (χ1) is 15.0. The van der Waals surface area contributed by atoms with Gasteiger partial charge in [-0.15, -0.1) is 0 Å². The molecule has 31 heavy (non-hydrogen) atoms. The van der Waals surface area contributed by atoms with Gasteiger partial charge in [-0.1, -0.05) is 30.3 Å². The zero-order chi connectivity index (χ0) is 22.2. The third kappa shape index (κ3) is 5.85. The Hall–Kier alpha value is -3.80. The van der Waals surface area contributed by atoms with Crippen LogP contribution in [0.4, 0.5) is 11.4 Å². The van der Waals surface area contributed by atoms with E-state index in [0.717, 1.165) is 16.9 Å². The summed E-state index contributed by atoms with van der Waals surface area (Å²) in [6, 6.07) is 20.1. The number of aryl methyl sites for hydroxylation is 2. The monoisotopic (exact) mass is 418 g/mol. The van der Waals surface area contributed by atoms with Crippen molar-refractivity contribution >= 4 is 23.2 Å². The Morgan fingerprint density at radius 1 is 0.871 bits per heavy atom. The van der Waals surface area contributed by atoms with Gasteiger partial charge < -0.3 is 20.1 Å². The van der Waals surface area contributed by atoms with Crippen molar-refractivity contribution in [2.75, 3.05) is 24.9 Å². The minimum Gasteiger partial charge on any atom is -0.497 e. The Labute approximate surface area is 182 Å². The lowest BCUT2D eigenvalue weighted by Gasteiger charge is -2.14. The highest BCUT2D eigenvalue weighted by molar-refractivity contribution is 6.06. The molecule has 0 saturated heterocycles. The van der Waals surface area contributed by atoms with Crippen molar-refractivity contribution in [1.82, 2.24) is 0 Å². The van der Waals surface area contributed by atoms with Gasteiger partial charge in [0.2, 0.25) is 5.91 Å². The molecule has 0 heterocycles. The third-order valence-electron chi connectivity index (χ3n) is 4.92. The average Bonchev–Trinajstić information content (AvgIpc) is 2.78. The lowest BCUT2D eigenvalue weighted by atomic mass is 10.1. The summed E-state index contributed by atoms with van der Waals surface area (Å²) < 4.78 is 10.5. The fourth-order valence-electron chi connectivity index (χ4n) is 3.17. The standard InChI is InChI=1S/C25H26N2O4/c1-17-6-4-5-7-21(17)25(29)27-22-16-19(11-14-23(22)31-3)26-24(28)15-10-18-8-12-20(30-2)13-9-18/h4-9,11-14,16H,10,15H2,1-3H3,(H,26,28)(H,27,29). The molecule has 0 aliphatic rings. The van der Waals surface area contributed by atoms with E-state index in [9.17, 15) is 9.59 Å². The second-order valence-electron chi connectivity index (χ2n) is 7.08. The van der Waals surface area contributed by atoms with Crippen LogP contribution in [0.25, 0.3) is 0 Å². The van der Waals surface area contributed by atoms with E-state index in [1.54, 1.807) is 31.4 Å². The second kappa shape index (κ2) is 10.3. The van der Waals surface area contributed by atoms with Crippen molar-refractivity contribution in [2.24, 2.45) is 0 Å². The van der Waals surface area contributed by atoms with Gasteiger partial charge in [-0.3, -0.25) is 9.59 Å². The van der Waals surface area contributed by atoms with Crippen LogP contribution in [0, 0.1) is 6.92 Å². The van der Waals surface area contributed by atoms with E-state index in [1.165, 1.54) is 7.11 Å². The van der Waals surface area contributed by atoms with E-state index in [2.05, 4.69) is 10.6 Å². The Kier molecular flexibility index (Phi) is 7.27. The molecule has 160 valence electrons. The number of amides is 2. The molecule has 2 N–H and O–H groups in total. The van der Waals surface area contributed by atoms with Crippen LogP contribution in [-0.4, -0.2) is 26.0 Å². The van der Waals surface area contributed by atoms with Gasteiger partial charge in [0.1, 0.15) is 11.5 Å². The molecule has 2 amide bonds. The molecule has 0 spiro atoms. The molecule has 0 saturated carbocycles. The van der Waals surface area contributed by atoms with Gasteiger partial charge in [0.05, 0.1) is 19.9 Å². The van der Waals surface area contributed by atoms with E-state index < -0.39 is 0 Å². The highest BCUT2D eigenvalue weighted by atomic mass is 16.5. The highest BCUT2D eigenvalue weighted by Crippen LogP contribution is 2.29. The number of methoxy groups -OCH3 is 2. The summed E-state index contributed by atoms with van der Waals surface area (Å²) in [5, 5.41) is 5.75. The van der Waals surface area contributed by atoms with Crippen LogP contribution in [0.1, 0.15) is 27.9 Å². The average molecular weight is 418 g/mol. The quantitative estimate of drug-likeness (QED) is 0.549. The first kappa shape index (κ1) is 21.9. The molecule has 0 bridgehead atoms. The summed E-state index contributed by atoms with van der Waals surface area (Å²) in [4.78, 5) is 25.1. The third-order valence-corrected chi connectivity index (χ3v) is 4.92. The van der Waals surface area contributed by atoms with Crippen molar-refractivity contribution in [3.05, 3.63) is 83.4 Å². The van der Waals surface area contributed by atoms with Gasteiger partial charge in [0, 0.05) is 17.7 Å². The van der Waals surface area contributed by atoms with E-state index in [1.807, 2.05) is 49.4 Å². The number of anilines is 2. The van der Waals surface area contributed by atoms with Crippen LogP contribution >= 0.6 is 0 Å². The number of ether oxygens (including phenoxy) is 2. The summed E-state index contributed by atoms with van der Waals surface area (Å²) in [7, 11) is 3.15. The normalized spacial score (nSPS) is 10.3. The molecule has 0 radical (unpaired) electrons. The molecule has 3 aromatic carbocycles. The minimum atomic E-state index is -0.237. The predicted octanol–water partition coefficient (Wildman–Crippen LogP) is 4.84. The van der Waals surface area contributed by atoms with Crippen LogP contribution < -0.4 is 20.1 Å². The SMILES string of the molecule is COc1ccc(CCC(=O)Nc2ccc(OC)c(NC(=O)c3ccccc3C)c2)cc1. The maximum absolute atomic E-state index is 12.7. The van der Waals surface area contributed by atoms with Crippen molar-refractivity contribution in [3.8, 4) is 11.5 Å². The molecule has 0 atom stereocenters. The van der Waals surface area contributed by atoms with Gasteiger partial charge in [-0.25, -0.2) is 0 Å². The van der Waals surface area contributed by atoms with E-state index >= 15 is 0 Å². The van der Waals surface area contributed by atoms with Crippen LogP contribution in [0.2, 0.25) is 0 Å². The molecular weight excluding hydrogens is 392 g/mol. The molecule has 3 rings (SSSR count). The molecule has 0 aliphatic carbocycles. The number of hydrogen-bond acceptors (Lipinski definition) is 4. The number of carbonyl (C=O) groups excluding carboxylic acids is 2. The number of hydrogen-bond donors (Lipinski definition) is 2. The zero-order valence-electron chi connectivity index (χ0n) is 17.9. The highest BCUT2D eigenvalue weighted by Gasteiger charge is 2.13. The summed E-state index contributed by atoms with van der Waals surface area (Å²) in [6.07, 6.45) is 0.951. The lowest BCUT2D eigenvalue weighted by molar-refractivity contribution is -0.116. The molecule has 3 aromatic rings. The largest absolute Gasteiger partial charge is 0.497 e. The van der Waals surface area contributed by atoms with E-state index in [0.29, 0.717) is 35.5 Å². The Balaban J connectivity index is 1.65. The van der Waals surface area contributed by atoms with Crippen LogP contribution in [0.15, 0.2) is 66.7 Å². The first-order valence-electron chi connectivity index (χ1n) is 9.98. The zero-order valence-corrected chi connectivity index (χ0v) is 17.9. The summed E-state index contributed by atoms with van der Waals surface area (Å²) >= 11 is 0. The van der Waals surface area contributed by atoms with Crippen LogP contribution in [0.3, 0.4) is 0 Å². The molecule has 6 heteroatoms. The topological polar surface area (TPSA) is 76.7 Å². The maximum Gasteiger partial charge on any atom is 0.256 e. The number of carbonyl (C=O) groups is 2. The van der Waals surface area contributed by atoms with Crippen molar-refractivity contribution in [2.45, 2.75) is 19.8 Å². The number of benzene rings is 3. The Morgan fingerprint density at radius 3 is 2.29 bits per heavy atom. The van der Waals surface area contributed by atoms with Crippen molar-refractivity contribution in [3.63, 3.8) is 0 Å². The molecule has 6 nitrogen and oxygen atoms in total. The smallest absolute Gasteiger partial charge is 0.256 e. The molecule has 0 aromatic heterocycles. The maximum atomic E-state index is 12.7. The molecule has 0 fully saturated rings. The fraction of sp³-hybridized carbons (Fsp3) is 0.200. The summed E-state index contributed by atoms with van der Waals surface area (Å²) in [6.45, 7) is 1.88. The second-order valence-corrected chi connectivity index (χ2v) is 7.08. The fourth-order valence-corrected chi connectivity index (χ4v) is 3.17. The predicted molar refractivity (Wildman–Crippen MR) is 122 cm³/mol. The number of nitrogens with one attached hydrogen (secondary N) is 2. The summed E-state index contributed by atoms with van der Waals surface area (Å²) in [5.41, 5.74) is 3.58. The van der Waals surface area contributed by atoms with Gasteiger partial charge in [0.25, 0.3) is 5.91 Å². The van der Waals surface area contributed by atoms with Crippen LogP contribution in [-0.2, 0) is 11.2 Å². The van der Waals surface area contributed by atoms with Gasteiger partial charge in [0.15, 0.2) is 0 Å². The molecule has 0 unspecified atom stereocenters. The van der Waals surface area contributed by atoms with Crippen molar-refractivity contribution < 1.29 is 19.1 Å². The molecule has 0 aliphatic heterocycles. The Bertz CT molecular complexity index is 1060. The van der Waals surface area contributed by atoms with E-state index in [-0.39, 0.29) is 11.8 Å². The van der Waals surface area contributed by atoms with Crippen molar-refractivity contribution in [1.29, 1.82) is 0 Å². The van der Waals surface area contributed by atoms with E-state index in [4.69, 9.17) is 9.47 Å². The summed E-state index contributed by atoms with van der Waals surface area (Å²) in [5.74, 6) is 0.946.